The van der Waals surface area contributed by atoms with Crippen LogP contribution < -0.4 is 4.74 Å². The molecule has 0 atom stereocenters. The van der Waals surface area contributed by atoms with Gasteiger partial charge in [0.05, 0.1) is 30.8 Å². The summed E-state index contributed by atoms with van der Waals surface area (Å²) < 4.78 is 9.33. The van der Waals surface area contributed by atoms with Crippen molar-refractivity contribution in [2.45, 2.75) is 0 Å². The monoisotopic (exact) mass is 491 g/mol. The van der Waals surface area contributed by atoms with Crippen molar-refractivity contribution >= 4 is 50.4 Å². The summed E-state index contributed by atoms with van der Waals surface area (Å²) in [5.41, 5.74) is 3.11. The average Bonchev–Trinajstić information content (AvgIpc) is 3.31. The van der Waals surface area contributed by atoms with E-state index in [1.54, 1.807) is 52.9 Å². The maximum atomic E-state index is 5.90. The first-order valence-electron chi connectivity index (χ1n) is 8.22. The largest absolute Gasteiger partial charge is 0.481 e. The summed E-state index contributed by atoms with van der Waals surface area (Å²) >= 11 is 14.8. The Kier molecular flexibility index (Phi) is 5.61. The summed E-state index contributed by atoms with van der Waals surface area (Å²) in [4.78, 5) is 12.5. The predicted octanol–water partition coefficient (Wildman–Crippen LogP) is 4.60. The lowest BCUT2D eigenvalue weighted by atomic mass is 10.2. The van der Waals surface area contributed by atoms with E-state index in [-0.39, 0.29) is 0 Å². The van der Waals surface area contributed by atoms with Crippen LogP contribution in [-0.4, -0.2) is 41.3 Å². The standard InChI is InChI=1S/C12H9ClN4O.C6H3BrClN3/c1-18-12-8(3-2-6-14-12)9-7-15-11-5-4-10(13)16-17(9)11;7-4-3-9-6-2-1-5(8)10-11(4)6/h2-7H,1H3;1-3H. The molecule has 8 nitrogen and oxygen atoms in total. The maximum absolute atomic E-state index is 5.90. The molecule has 0 aromatic carbocycles. The normalized spacial score (nSPS) is 10.8. The quantitative estimate of drug-likeness (QED) is 0.358. The van der Waals surface area contributed by atoms with Gasteiger partial charge in [0.1, 0.15) is 14.9 Å². The van der Waals surface area contributed by atoms with Crippen molar-refractivity contribution in [2.75, 3.05) is 7.11 Å². The Morgan fingerprint density at radius 1 is 0.862 bits per heavy atom. The molecule has 0 saturated heterocycles. The number of pyridine rings is 1. The first-order chi connectivity index (χ1) is 14.1. The second-order valence-electron chi connectivity index (χ2n) is 5.64. The van der Waals surface area contributed by atoms with E-state index in [9.17, 15) is 0 Å². The van der Waals surface area contributed by atoms with Crippen molar-refractivity contribution in [2.24, 2.45) is 0 Å². The molecule has 0 fully saturated rings. The Labute approximate surface area is 183 Å². The Balaban J connectivity index is 0.000000159. The number of rotatable bonds is 2. The Hall–Kier alpha value is -2.75. The third kappa shape index (κ3) is 4.02. The predicted molar refractivity (Wildman–Crippen MR) is 113 cm³/mol. The summed E-state index contributed by atoms with van der Waals surface area (Å²) in [7, 11) is 1.58. The smallest absolute Gasteiger partial charge is 0.222 e. The van der Waals surface area contributed by atoms with E-state index in [4.69, 9.17) is 27.9 Å². The van der Waals surface area contributed by atoms with Crippen molar-refractivity contribution in [1.82, 2.24) is 34.2 Å². The van der Waals surface area contributed by atoms with Gasteiger partial charge in [-0.3, -0.25) is 0 Å². The van der Waals surface area contributed by atoms with Crippen molar-refractivity contribution in [3.63, 3.8) is 0 Å². The number of hydrogen-bond acceptors (Lipinski definition) is 6. The number of aromatic nitrogens is 7. The van der Waals surface area contributed by atoms with Gasteiger partial charge in [0.15, 0.2) is 11.3 Å². The molecular formula is C18H12BrCl2N7O. The minimum Gasteiger partial charge on any atom is -0.481 e. The molecule has 0 saturated carbocycles. The van der Waals surface area contributed by atoms with Crippen LogP contribution in [0.5, 0.6) is 5.88 Å². The molecule has 5 aromatic rings. The highest BCUT2D eigenvalue weighted by Crippen LogP contribution is 2.27. The van der Waals surface area contributed by atoms with Crippen LogP contribution in [0.2, 0.25) is 10.3 Å². The van der Waals surface area contributed by atoms with Crippen molar-refractivity contribution in [3.05, 3.63) is 69.9 Å². The Morgan fingerprint density at radius 3 is 2.24 bits per heavy atom. The van der Waals surface area contributed by atoms with E-state index < -0.39 is 0 Å². The maximum Gasteiger partial charge on any atom is 0.222 e. The number of imidazole rings is 2. The highest BCUT2D eigenvalue weighted by molar-refractivity contribution is 9.10. The molecule has 0 unspecified atom stereocenters. The fourth-order valence-electron chi connectivity index (χ4n) is 2.61. The van der Waals surface area contributed by atoms with Crippen molar-refractivity contribution in [1.29, 1.82) is 0 Å². The zero-order chi connectivity index (χ0) is 20.4. The molecule has 0 aliphatic carbocycles. The second kappa shape index (κ2) is 8.32. The van der Waals surface area contributed by atoms with Gasteiger partial charge in [-0.2, -0.15) is 10.2 Å². The molecule has 0 spiro atoms. The lowest BCUT2D eigenvalue weighted by molar-refractivity contribution is 0.399. The van der Waals surface area contributed by atoms with E-state index >= 15 is 0 Å². The summed E-state index contributed by atoms with van der Waals surface area (Å²) in [6.07, 6.45) is 5.07. The Bertz CT molecular complexity index is 1300. The number of halogens is 3. The molecule has 0 radical (unpaired) electrons. The number of fused-ring (bicyclic) bond motifs is 2. The van der Waals surface area contributed by atoms with Gasteiger partial charge >= 0.3 is 0 Å². The van der Waals surface area contributed by atoms with Crippen LogP contribution in [0.1, 0.15) is 0 Å². The number of methoxy groups -OCH3 is 1. The third-order valence-electron chi connectivity index (χ3n) is 3.86. The SMILES string of the molecule is COc1ncccc1-c1cnc2ccc(Cl)nn12.Clc1ccc2ncc(Br)n2n1. The molecule has 0 bridgehead atoms. The molecule has 29 heavy (non-hydrogen) atoms. The second-order valence-corrected chi connectivity index (χ2v) is 7.22. The lowest BCUT2D eigenvalue weighted by Gasteiger charge is -2.05. The minimum atomic E-state index is 0.407. The number of nitrogens with zero attached hydrogens (tertiary/aromatic N) is 7. The first kappa shape index (κ1) is 19.6. The van der Waals surface area contributed by atoms with Gasteiger partial charge in [0.2, 0.25) is 5.88 Å². The third-order valence-corrected chi connectivity index (χ3v) is 4.80. The zero-order valence-electron chi connectivity index (χ0n) is 14.9. The topological polar surface area (TPSA) is 82.5 Å². The van der Waals surface area contributed by atoms with E-state index in [1.807, 2.05) is 18.2 Å². The van der Waals surface area contributed by atoms with Crippen molar-refractivity contribution in [3.8, 4) is 17.1 Å². The molecule has 0 N–H and O–H groups in total. The van der Waals surface area contributed by atoms with Crippen molar-refractivity contribution < 1.29 is 4.74 Å². The molecule has 0 aliphatic rings. The lowest BCUT2D eigenvalue weighted by Crippen LogP contribution is -1.97. The zero-order valence-corrected chi connectivity index (χ0v) is 18.0. The van der Waals surface area contributed by atoms with Crippen LogP contribution in [0.4, 0.5) is 0 Å². The van der Waals surface area contributed by atoms with Gasteiger partial charge in [-0.25, -0.2) is 24.0 Å². The van der Waals surface area contributed by atoms with Gasteiger partial charge in [-0.1, -0.05) is 23.2 Å². The van der Waals surface area contributed by atoms with E-state index in [0.717, 1.165) is 27.2 Å². The summed E-state index contributed by atoms with van der Waals surface area (Å²) in [5, 5.41) is 9.09. The molecule has 5 rings (SSSR count). The molecule has 0 amide bonds. The Morgan fingerprint density at radius 2 is 1.52 bits per heavy atom. The fraction of sp³-hybridized carbons (Fsp3) is 0.0556. The fourth-order valence-corrected chi connectivity index (χ4v) is 3.25. The highest BCUT2D eigenvalue weighted by atomic mass is 79.9. The van der Waals surface area contributed by atoms with Crippen LogP contribution in [0.25, 0.3) is 22.6 Å². The van der Waals surface area contributed by atoms with E-state index in [0.29, 0.717) is 16.2 Å². The van der Waals surface area contributed by atoms with Crippen LogP contribution in [0.15, 0.2) is 59.6 Å². The van der Waals surface area contributed by atoms with Gasteiger partial charge in [-0.15, -0.1) is 0 Å². The van der Waals surface area contributed by atoms with Crippen LogP contribution in [0.3, 0.4) is 0 Å². The molecule has 0 aliphatic heterocycles. The number of ether oxygens (including phenoxy) is 1. The first-order valence-corrected chi connectivity index (χ1v) is 9.77. The number of hydrogen-bond donors (Lipinski definition) is 0. The van der Waals surface area contributed by atoms with Crippen LogP contribution >= 0.6 is 39.1 Å². The molecule has 5 heterocycles. The van der Waals surface area contributed by atoms with Gasteiger partial charge in [0.25, 0.3) is 0 Å². The van der Waals surface area contributed by atoms with Gasteiger partial charge in [0, 0.05) is 6.20 Å². The molecular weight excluding hydrogens is 481 g/mol. The highest BCUT2D eigenvalue weighted by Gasteiger charge is 2.12. The molecule has 5 aromatic heterocycles. The van der Waals surface area contributed by atoms with E-state index in [2.05, 4.69) is 41.1 Å². The van der Waals surface area contributed by atoms with E-state index in [1.165, 1.54) is 0 Å². The van der Waals surface area contributed by atoms with Gasteiger partial charge in [-0.05, 0) is 52.3 Å². The summed E-state index contributed by atoms with van der Waals surface area (Å²) in [6, 6.07) is 10.8. The average molecular weight is 493 g/mol. The minimum absolute atomic E-state index is 0.407. The van der Waals surface area contributed by atoms with Gasteiger partial charge < -0.3 is 4.74 Å². The summed E-state index contributed by atoms with van der Waals surface area (Å²) in [5.74, 6) is 0.529. The summed E-state index contributed by atoms with van der Waals surface area (Å²) in [6.45, 7) is 0. The van der Waals surface area contributed by atoms with Crippen LogP contribution in [0, 0.1) is 0 Å². The van der Waals surface area contributed by atoms with Crippen LogP contribution in [-0.2, 0) is 0 Å². The molecule has 11 heteroatoms. The molecule has 146 valence electrons.